The fraction of sp³-hybridized carbons (Fsp3) is 0.316. The van der Waals surface area contributed by atoms with Gasteiger partial charge in [0.1, 0.15) is 17.4 Å². The van der Waals surface area contributed by atoms with Gasteiger partial charge in [-0.25, -0.2) is 8.78 Å². The van der Waals surface area contributed by atoms with Crippen LogP contribution in [0.15, 0.2) is 36.4 Å². The highest BCUT2D eigenvalue weighted by atomic mass is 19.1. The zero-order valence-corrected chi connectivity index (χ0v) is 13.5. The van der Waals surface area contributed by atoms with Gasteiger partial charge >= 0.3 is 5.97 Å². The molecule has 0 saturated carbocycles. The number of ether oxygens (including phenoxy) is 2. The second-order valence-electron chi connectivity index (χ2n) is 6.06. The second-order valence-corrected chi connectivity index (χ2v) is 6.06. The largest absolute Gasteiger partial charge is 0.493 e. The Morgan fingerprint density at radius 2 is 2.08 bits per heavy atom. The lowest BCUT2D eigenvalue weighted by molar-refractivity contribution is -0.136. The minimum absolute atomic E-state index is 0.0817. The number of halogens is 2. The first kappa shape index (κ1) is 17.4. The molecule has 132 valence electrons. The van der Waals surface area contributed by atoms with Gasteiger partial charge in [0.15, 0.2) is 0 Å². The lowest BCUT2D eigenvalue weighted by atomic mass is 10.0. The molecule has 4 nitrogen and oxygen atoms in total. The summed E-state index contributed by atoms with van der Waals surface area (Å²) in [4.78, 5) is 10.7. The summed E-state index contributed by atoms with van der Waals surface area (Å²) in [5.74, 6) is -1.47. The molecule has 1 heterocycles. The smallest absolute Gasteiger partial charge is 0.307 e. The molecule has 0 amide bonds. The van der Waals surface area contributed by atoms with Crippen molar-refractivity contribution in [3.8, 4) is 16.9 Å². The highest BCUT2D eigenvalue weighted by molar-refractivity contribution is 5.73. The normalized spacial score (nSPS) is 16.8. The number of aliphatic carboxylic acids is 1. The van der Waals surface area contributed by atoms with Crippen LogP contribution in [-0.2, 0) is 16.0 Å². The summed E-state index contributed by atoms with van der Waals surface area (Å²) in [6.07, 6.45) is 0.509. The van der Waals surface area contributed by atoms with Crippen LogP contribution in [0.25, 0.3) is 11.1 Å². The van der Waals surface area contributed by atoms with E-state index in [4.69, 9.17) is 14.6 Å². The summed E-state index contributed by atoms with van der Waals surface area (Å²) in [5.41, 5.74) is 0.946. The van der Waals surface area contributed by atoms with Crippen molar-refractivity contribution in [1.29, 1.82) is 0 Å². The number of rotatable bonds is 6. The van der Waals surface area contributed by atoms with Crippen LogP contribution in [0.2, 0.25) is 0 Å². The first-order valence-electron chi connectivity index (χ1n) is 8.03. The minimum Gasteiger partial charge on any atom is -0.493 e. The van der Waals surface area contributed by atoms with Crippen LogP contribution >= 0.6 is 0 Å². The van der Waals surface area contributed by atoms with Crippen LogP contribution in [0.4, 0.5) is 8.78 Å². The molecule has 0 spiro atoms. The third-order valence-corrected chi connectivity index (χ3v) is 4.15. The average molecular weight is 348 g/mol. The van der Waals surface area contributed by atoms with Crippen LogP contribution < -0.4 is 4.74 Å². The number of hydrogen-bond acceptors (Lipinski definition) is 3. The monoisotopic (exact) mass is 348 g/mol. The molecule has 0 aliphatic carbocycles. The van der Waals surface area contributed by atoms with E-state index >= 15 is 0 Å². The summed E-state index contributed by atoms with van der Waals surface area (Å²) in [5, 5.41) is 8.79. The van der Waals surface area contributed by atoms with E-state index in [2.05, 4.69) is 0 Å². The molecule has 1 aliphatic heterocycles. The Morgan fingerprint density at radius 3 is 2.76 bits per heavy atom. The molecule has 0 aromatic heterocycles. The van der Waals surface area contributed by atoms with E-state index in [-0.39, 0.29) is 11.5 Å². The van der Waals surface area contributed by atoms with Gasteiger partial charge in [0.2, 0.25) is 0 Å². The maximum Gasteiger partial charge on any atom is 0.307 e. The molecule has 6 heteroatoms. The average Bonchev–Trinajstić information content (AvgIpc) is 3.08. The van der Waals surface area contributed by atoms with E-state index in [0.717, 1.165) is 6.42 Å². The van der Waals surface area contributed by atoms with Crippen molar-refractivity contribution in [2.45, 2.75) is 12.8 Å². The molecule has 2 aromatic rings. The van der Waals surface area contributed by atoms with Gasteiger partial charge in [-0.3, -0.25) is 4.79 Å². The van der Waals surface area contributed by atoms with E-state index in [9.17, 15) is 13.6 Å². The zero-order chi connectivity index (χ0) is 17.8. The molecular formula is C19H18F2O4. The second kappa shape index (κ2) is 7.61. The molecule has 1 fully saturated rings. The topological polar surface area (TPSA) is 55.8 Å². The maximum atomic E-state index is 14.1. The van der Waals surface area contributed by atoms with E-state index < -0.39 is 24.0 Å². The van der Waals surface area contributed by atoms with E-state index in [1.165, 1.54) is 30.3 Å². The number of carbonyl (C=O) groups is 1. The lowest BCUT2D eigenvalue weighted by Gasteiger charge is -2.15. The van der Waals surface area contributed by atoms with Gasteiger partial charge in [0, 0.05) is 18.1 Å². The van der Waals surface area contributed by atoms with E-state index in [1.807, 2.05) is 0 Å². The van der Waals surface area contributed by atoms with Gasteiger partial charge in [0.05, 0.1) is 19.6 Å². The zero-order valence-electron chi connectivity index (χ0n) is 13.5. The quantitative estimate of drug-likeness (QED) is 0.865. The number of benzene rings is 2. The Labute approximate surface area is 144 Å². The van der Waals surface area contributed by atoms with Crippen molar-refractivity contribution in [3.63, 3.8) is 0 Å². The van der Waals surface area contributed by atoms with Crippen molar-refractivity contribution in [2.75, 3.05) is 19.8 Å². The van der Waals surface area contributed by atoms with Crippen LogP contribution in [0, 0.1) is 17.6 Å². The predicted molar refractivity (Wildman–Crippen MR) is 87.6 cm³/mol. The standard InChI is InChI=1S/C19H18F2O4/c20-15-3-4-18(25-11-12-5-6-24-10-12)16(9-15)13-1-2-14(8-19(22)23)17(21)7-13/h1-4,7,9,12H,5-6,8,10-11H2,(H,22,23). The number of carboxylic acids is 1. The Hall–Kier alpha value is -2.47. The Kier molecular flexibility index (Phi) is 5.28. The van der Waals surface area contributed by atoms with Crippen molar-refractivity contribution < 1.29 is 28.2 Å². The molecule has 0 radical (unpaired) electrons. The van der Waals surface area contributed by atoms with Crippen LogP contribution in [-0.4, -0.2) is 30.9 Å². The fourth-order valence-electron chi connectivity index (χ4n) is 2.80. The number of carboxylic acid groups (broad SMARTS) is 1. The van der Waals surface area contributed by atoms with E-state index in [1.54, 1.807) is 6.07 Å². The van der Waals surface area contributed by atoms with Gasteiger partial charge in [-0.15, -0.1) is 0 Å². The molecule has 1 aliphatic rings. The lowest BCUT2D eigenvalue weighted by Crippen LogP contribution is -2.12. The van der Waals surface area contributed by atoms with Crippen molar-refractivity contribution >= 4 is 5.97 Å². The third-order valence-electron chi connectivity index (χ3n) is 4.15. The van der Waals surface area contributed by atoms with Crippen LogP contribution in [0.1, 0.15) is 12.0 Å². The Morgan fingerprint density at radius 1 is 1.24 bits per heavy atom. The Bertz CT molecular complexity index is 770. The van der Waals surface area contributed by atoms with Crippen molar-refractivity contribution in [3.05, 3.63) is 53.6 Å². The summed E-state index contributed by atoms with van der Waals surface area (Å²) in [6, 6.07) is 8.27. The molecule has 3 rings (SSSR count). The first-order valence-corrected chi connectivity index (χ1v) is 8.03. The SMILES string of the molecule is O=C(O)Cc1ccc(-c2cc(F)ccc2OCC2CCOC2)cc1F. The fourth-order valence-corrected chi connectivity index (χ4v) is 2.80. The summed E-state index contributed by atoms with van der Waals surface area (Å²) in [7, 11) is 0. The minimum atomic E-state index is -1.11. The summed E-state index contributed by atoms with van der Waals surface area (Å²) in [6.45, 7) is 1.79. The molecule has 1 N–H and O–H groups in total. The van der Waals surface area contributed by atoms with Gasteiger partial charge in [0.25, 0.3) is 0 Å². The highest BCUT2D eigenvalue weighted by Crippen LogP contribution is 2.32. The number of hydrogen-bond donors (Lipinski definition) is 1. The summed E-state index contributed by atoms with van der Waals surface area (Å²) >= 11 is 0. The Balaban J connectivity index is 1.86. The summed E-state index contributed by atoms with van der Waals surface area (Å²) < 4.78 is 38.9. The predicted octanol–water partition coefficient (Wildman–Crippen LogP) is 3.67. The molecule has 1 saturated heterocycles. The van der Waals surface area contributed by atoms with Crippen molar-refractivity contribution in [2.24, 2.45) is 5.92 Å². The van der Waals surface area contributed by atoms with Crippen molar-refractivity contribution in [1.82, 2.24) is 0 Å². The van der Waals surface area contributed by atoms with Crippen LogP contribution in [0.3, 0.4) is 0 Å². The maximum absolute atomic E-state index is 14.1. The molecule has 25 heavy (non-hydrogen) atoms. The molecular weight excluding hydrogens is 330 g/mol. The van der Waals surface area contributed by atoms with Gasteiger partial charge in [-0.05, 0) is 41.8 Å². The van der Waals surface area contributed by atoms with Gasteiger partial charge < -0.3 is 14.6 Å². The molecule has 0 bridgehead atoms. The van der Waals surface area contributed by atoms with Gasteiger partial charge in [-0.2, -0.15) is 0 Å². The van der Waals surface area contributed by atoms with E-state index in [0.29, 0.717) is 36.7 Å². The third kappa shape index (κ3) is 4.33. The molecule has 1 unspecified atom stereocenters. The molecule has 1 atom stereocenters. The van der Waals surface area contributed by atoms with Gasteiger partial charge in [-0.1, -0.05) is 12.1 Å². The molecule has 2 aromatic carbocycles. The van der Waals surface area contributed by atoms with Crippen LogP contribution in [0.5, 0.6) is 5.75 Å². The first-order chi connectivity index (χ1) is 12.0. The highest BCUT2D eigenvalue weighted by Gasteiger charge is 2.18.